The lowest BCUT2D eigenvalue weighted by Crippen LogP contribution is -2.00. The molecule has 104 valence electrons. The van der Waals surface area contributed by atoms with Crippen LogP contribution in [0.5, 0.6) is 5.75 Å². The fourth-order valence-electron chi connectivity index (χ4n) is 1.44. The van der Waals surface area contributed by atoms with E-state index in [-0.39, 0.29) is 0 Å². The van der Waals surface area contributed by atoms with E-state index in [1.54, 1.807) is 25.3 Å². The molecule has 5 heteroatoms. The van der Waals surface area contributed by atoms with Gasteiger partial charge >= 0.3 is 5.97 Å². The van der Waals surface area contributed by atoms with Gasteiger partial charge < -0.3 is 14.6 Å². The lowest BCUT2D eigenvalue weighted by atomic mass is 10.2. The summed E-state index contributed by atoms with van der Waals surface area (Å²) in [5.74, 6) is -0.388. The van der Waals surface area contributed by atoms with Crippen molar-refractivity contribution in [2.75, 3.05) is 20.3 Å². The Morgan fingerprint density at radius 3 is 2.74 bits per heavy atom. The molecule has 1 N–H and O–H groups in total. The van der Waals surface area contributed by atoms with E-state index in [4.69, 9.17) is 26.2 Å². The van der Waals surface area contributed by atoms with Crippen molar-refractivity contribution in [2.24, 2.45) is 0 Å². The topological polar surface area (TPSA) is 55.8 Å². The van der Waals surface area contributed by atoms with Gasteiger partial charge in [-0.2, -0.15) is 0 Å². The van der Waals surface area contributed by atoms with Crippen LogP contribution in [0.3, 0.4) is 0 Å². The normalized spacial score (nSPS) is 10.8. The van der Waals surface area contributed by atoms with Crippen LogP contribution in [0.2, 0.25) is 5.02 Å². The van der Waals surface area contributed by atoms with Gasteiger partial charge in [0.1, 0.15) is 5.75 Å². The molecule has 0 unspecified atom stereocenters. The number of hydrogen-bond donors (Lipinski definition) is 1. The predicted molar refractivity (Wildman–Crippen MR) is 74.7 cm³/mol. The van der Waals surface area contributed by atoms with Gasteiger partial charge in [-0.05, 0) is 36.6 Å². The summed E-state index contributed by atoms with van der Waals surface area (Å²) < 4.78 is 10.5. The van der Waals surface area contributed by atoms with Crippen molar-refractivity contribution in [3.8, 4) is 5.75 Å². The molecule has 0 spiro atoms. The van der Waals surface area contributed by atoms with Gasteiger partial charge in [0.15, 0.2) is 0 Å². The van der Waals surface area contributed by atoms with Crippen LogP contribution in [0.15, 0.2) is 24.3 Å². The quantitative estimate of drug-likeness (QED) is 0.588. The number of rotatable bonds is 8. The summed E-state index contributed by atoms with van der Waals surface area (Å²) in [4.78, 5) is 10.4. The highest BCUT2D eigenvalue weighted by Crippen LogP contribution is 2.26. The lowest BCUT2D eigenvalue weighted by molar-refractivity contribution is -0.131. The Balaban J connectivity index is 2.50. The van der Waals surface area contributed by atoms with Crippen molar-refractivity contribution in [2.45, 2.75) is 12.8 Å². The number of carboxylic acid groups (broad SMARTS) is 1. The second kappa shape index (κ2) is 8.56. The molecule has 19 heavy (non-hydrogen) atoms. The lowest BCUT2D eigenvalue weighted by Gasteiger charge is -2.08. The average molecular weight is 285 g/mol. The first kappa shape index (κ1) is 15.5. The molecule has 1 aromatic rings. The molecule has 0 fully saturated rings. The maximum atomic E-state index is 10.4. The van der Waals surface area contributed by atoms with E-state index in [2.05, 4.69) is 0 Å². The smallest absolute Gasteiger partial charge is 0.328 e. The molecule has 1 rings (SSSR count). The van der Waals surface area contributed by atoms with Crippen LogP contribution in [0, 0.1) is 0 Å². The van der Waals surface area contributed by atoms with Gasteiger partial charge in [0, 0.05) is 19.8 Å². The van der Waals surface area contributed by atoms with Gasteiger partial charge in [0.25, 0.3) is 0 Å². The summed E-state index contributed by atoms with van der Waals surface area (Å²) in [6.45, 7) is 1.30. The highest BCUT2D eigenvalue weighted by molar-refractivity contribution is 6.32. The maximum absolute atomic E-state index is 10.4. The standard InChI is InChI=1S/C14H17ClO4/c1-18-8-2-3-9-19-13-6-4-11(10-12(13)15)5-7-14(16)17/h4-7,10H,2-3,8-9H2,1H3,(H,16,17)/b7-5+. The van der Waals surface area contributed by atoms with Crippen LogP contribution in [0.25, 0.3) is 6.08 Å². The first-order valence-electron chi connectivity index (χ1n) is 5.96. The zero-order chi connectivity index (χ0) is 14.1. The van der Waals surface area contributed by atoms with E-state index >= 15 is 0 Å². The maximum Gasteiger partial charge on any atom is 0.328 e. The zero-order valence-electron chi connectivity index (χ0n) is 10.8. The average Bonchev–Trinajstić information content (AvgIpc) is 2.38. The van der Waals surface area contributed by atoms with E-state index in [1.165, 1.54) is 6.08 Å². The number of hydrogen-bond acceptors (Lipinski definition) is 3. The van der Waals surface area contributed by atoms with Gasteiger partial charge in [0.05, 0.1) is 11.6 Å². The molecule has 0 aliphatic heterocycles. The number of carboxylic acids is 1. The minimum atomic E-state index is -0.991. The molecule has 0 saturated heterocycles. The minimum absolute atomic E-state index is 0.472. The Morgan fingerprint density at radius 1 is 1.37 bits per heavy atom. The van der Waals surface area contributed by atoms with Crippen LogP contribution in [0.4, 0.5) is 0 Å². The van der Waals surface area contributed by atoms with E-state index in [1.807, 2.05) is 0 Å². The molecule has 0 atom stereocenters. The highest BCUT2D eigenvalue weighted by atomic mass is 35.5. The van der Waals surface area contributed by atoms with Crippen LogP contribution in [0.1, 0.15) is 18.4 Å². The first-order chi connectivity index (χ1) is 9.13. The van der Waals surface area contributed by atoms with E-state index in [0.29, 0.717) is 17.4 Å². The SMILES string of the molecule is COCCCCOc1ccc(/C=C/C(=O)O)cc1Cl. The fourth-order valence-corrected chi connectivity index (χ4v) is 1.68. The van der Waals surface area contributed by atoms with Crippen molar-refractivity contribution in [1.82, 2.24) is 0 Å². The summed E-state index contributed by atoms with van der Waals surface area (Å²) in [6, 6.07) is 5.17. The van der Waals surface area contributed by atoms with Crippen LogP contribution in [-0.4, -0.2) is 31.4 Å². The third kappa shape index (κ3) is 6.27. The number of halogens is 1. The molecule has 1 aromatic carbocycles. The molecule has 4 nitrogen and oxygen atoms in total. The van der Waals surface area contributed by atoms with E-state index < -0.39 is 5.97 Å². The second-order valence-corrected chi connectivity index (χ2v) is 4.32. The largest absolute Gasteiger partial charge is 0.492 e. The Kier molecular flexibility index (Phi) is 7.00. The minimum Gasteiger partial charge on any atom is -0.492 e. The first-order valence-corrected chi connectivity index (χ1v) is 6.33. The molecule has 0 radical (unpaired) electrons. The van der Waals surface area contributed by atoms with Gasteiger partial charge in [-0.15, -0.1) is 0 Å². The Hall–Kier alpha value is -1.52. The molecule has 0 saturated carbocycles. The Morgan fingerprint density at radius 2 is 2.11 bits per heavy atom. The highest BCUT2D eigenvalue weighted by Gasteiger charge is 2.02. The summed E-state index contributed by atoms with van der Waals surface area (Å²) in [6.07, 6.45) is 4.38. The van der Waals surface area contributed by atoms with Gasteiger partial charge in [0.2, 0.25) is 0 Å². The summed E-state index contributed by atoms with van der Waals surface area (Å²) in [5.41, 5.74) is 0.721. The zero-order valence-corrected chi connectivity index (χ0v) is 11.5. The van der Waals surface area contributed by atoms with Gasteiger partial charge in [-0.25, -0.2) is 4.79 Å². The summed E-state index contributed by atoms with van der Waals surface area (Å²) >= 11 is 6.05. The number of methoxy groups -OCH3 is 1. The number of benzene rings is 1. The summed E-state index contributed by atoms with van der Waals surface area (Å²) in [7, 11) is 1.67. The molecule has 0 aliphatic carbocycles. The fraction of sp³-hybridized carbons (Fsp3) is 0.357. The molecular formula is C14H17ClO4. The van der Waals surface area contributed by atoms with Crippen molar-refractivity contribution in [3.05, 3.63) is 34.9 Å². The third-order valence-electron chi connectivity index (χ3n) is 2.37. The van der Waals surface area contributed by atoms with Gasteiger partial charge in [-0.1, -0.05) is 17.7 Å². The van der Waals surface area contributed by atoms with Crippen LogP contribution >= 0.6 is 11.6 Å². The third-order valence-corrected chi connectivity index (χ3v) is 2.67. The van der Waals surface area contributed by atoms with E-state index in [9.17, 15) is 4.79 Å². The number of ether oxygens (including phenoxy) is 2. The summed E-state index contributed by atoms with van der Waals surface area (Å²) in [5, 5.41) is 9.00. The van der Waals surface area contributed by atoms with Crippen molar-refractivity contribution >= 4 is 23.6 Å². The van der Waals surface area contributed by atoms with Crippen molar-refractivity contribution < 1.29 is 19.4 Å². The number of carbonyl (C=O) groups is 1. The van der Waals surface area contributed by atoms with Crippen LogP contribution in [-0.2, 0) is 9.53 Å². The number of unbranched alkanes of at least 4 members (excludes halogenated alkanes) is 1. The predicted octanol–water partition coefficient (Wildman–Crippen LogP) is 3.24. The molecule has 0 bridgehead atoms. The molecule has 0 aromatic heterocycles. The molecule has 0 aliphatic rings. The van der Waals surface area contributed by atoms with Crippen molar-refractivity contribution in [1.29, 1.82) is 0 Å². The monoisotopic (exact) mass is 284 g/mol. The van der Waals surface area contributed by atoms with Gasteiger partial charge in [-0.3, -0.25) is 0 Å². The molecule has 0 heterocycles. The molecule has 0 amide bonds. The van der Waals surface area contributed by atoms with Crippen molar-refractivity contribution in [3.63, 3.8) is 0 Å². The van der Waals surface area contributed by atoms with Crippen LogP contribution < -0.4 is 4.74 Å². The number of aliphatic carboxylic acids is 1. The Bertz CT molecular complexity index is 443. The second-order valence-electron chi connectivity index (χ2n) is 3.91. The van der Waals surface area contributed by atoms with E-state index in [0.717, 1.165) is 31.1 Å². The molecular weight excluding hydrogens is 268 g/mol. The Labute approximate surface area is 117 Å².